The molecule has 90 valence electrons. The van der Waals surface area contributed by atoms with E-state index in [0.29, 0.717) is 0 Å². The third-order valence-electron chi connectivity index (χ3n) is 2.15. The third kappa shape index (κ3) is 2.48. The largest absolute Gasteiger partial charge is 0.416 e. The molecule has 5 heteroatoms. The van der Waals surface area contributed by atoms with E-state index in [0.717, 1.165) is 12.1 Å². The van der Waals surface area contributed by atoms with Gasteiger partial charge < -0.3 is 0 Å². The minimum absolute atomic E-state index is 0.294. The minimum Gasteiger partial charge on any atom is -0.205 e. The van der Waals surface area contributed by atoms with Gasteiger partial charge in [-0.05, 0) is 17.5 Å². The summed E-state index contributed by atoms with van der Waals surface area (Å²) in [5.41, 5.74) is -2.32. The number of halogens is 5. The summed E-state index contributed by atoms with van der Waals surface area (Å²) in [5, 5.41) is -0.294. The van der Waals surface area contributed by atoms with E-state index in [9.17, 15) is 17.6 Å². The summed E-state index contributed by atoms with van der Waals surface area (Å²) in [5.74, 6) is -0.996. The fraction of sp³-hybridized carbons (Fsp3) is 0.455. The van der Waals surface area contributed by atoms with Crippen LogP contribution < -0.4 is 0 Å². The van der Waals surface area contributed by atoms with Crippen molar-refractivity contribution in [3.8, 4) is 0 Å². The van der Waals surface area contributed by atoms with E-state index in [2.05, 4.69) is 0 Å². The second kappa shape index (κ2) is 3.91. The van der Waals surface area contributed by atoms with Crippen LogP contribution in [0.15, 0.2) is 12.1 Å². The number of benzene rings is 1. The highest BCUT2D eigenvalue weighted by atomic mass is 35.5. The van der Waals surface area contributed by atoms with E-state index in [4.69, 9.17) is 11.6 Å². The predicted molar refractivity (Wildman–Crippen MR) is 55.1 cm³/mol. The summed E-state index contributed by atoms with van der Waals surface area (Å²) in [6.07, 6.45) is -4.58. The molecule has 0 N–H and O–H groups in total. The second-order valence-electron chi connectivity index (χ2n) is 4.53. The maximum atomic E-state index is 13.7. The van der Waals surface area contributed by atoms with E-state index in [1.807, 2.05) is 0 Å². The summed E-state index contributed by atoms with van der Waals surface area (Å²) in [6, 6.07) is 1.74. The lowest BCUT2D eigenvalue weighted by Crippen LogP contribution is -2.21. The number of rotatable bonds is 0. The molecule has 1 aromatic rings. The lowest BCUT2D eigenvalue weighted by Gasteiger charge is -2.25. The molecular weight excluding hydrogens is 244 g/mol. The molecule has 1 rings (SSSR count). The third-order valence-corrected chi connectivity index (χ3v) is 2.44. The average Bonchev–Trinajstić information content (AvgIpc) is 2.05. The first-order chi connectivity index (χ1) is 7.05. The molecule has 0 saturated heterocycles. The average molecular weight is 255 g/mol. The van der Waals surface area contributed by atoms with Gasteiger partial charge in [0.25, 0.3) is 0 Å². The van der Waals surface area contributed by atoms with Gasteiger partial charge in [0.15, 0.2) is 0 Å². The molecule has 0 saturated carbocycles. The second-order valence-corrected chi connectivity index (χ2v) is 4.94. The molecule has 0 spiro atoms. The monoisotopic (exact) mass is 254 g/mol. The van der Waals surface area contributed by atoms with Crippen LogP contribution in [-0.2, 0) is 11.6 Å². The van der Waals surface area contributed by atoms with E-state index in [1.165, 1.54) is 20.8 Å². The van der Waals surface area contributed by atoms with Crippen LogP contribution in [0.4, 0.5) is 17.6 Å². The molecular formula is C11H11ClF4. The molecule has 0 aliphatic heterocycles. The first-order valence-electron chi connectivity index (χ1n) is 4.61. The molecule has 1 aromatic carbocycles. The zero-order chi connectivity index (χ0) is 12.7. The first-order valence-corrected chi connectivity index (χ1v) is 4.98. The van der Waals surface area contributed by atoms with Gasteiger partial charge in [0.2, 0.25) is 0 Å². The Kier molecular flexibility index (Phi) is 3.25. The van der Waals surface area contributed by atoms with Crippen LogP contribution in [0, 0.1) is 5.82 Å². The van der Waals surface area contributed by atoms with Crippen molar-refractivity contribution in [2.24, 2.45) is 0 Å². The molecule has 0 aliphatic rings. The summed E-state index contributed by atoms with van der Waals surface area (Å²) < 4.78 is 51.7. The molecule has 16 heavy (non-hydrogen) atoms. The van der Waals surface area contributed by atoms with Crippen LogP contribution in [0.5, 0.6) is 0 Å². The van der Waals surface area contributed by atoms with Crippen molar-refractivity contribution in [3.05, 3.63) is 34.1 Å². The summed E-state index contributed by atoms with van der Waals surface area (Å²) in [4.78, 5) is 0. The Bertz CT molecular complexity index is 402. The van der Waals surface area contributed by atoms with Crippen LogP contribution >= 0.6 is 11.6 Å². The number of alkyl halides is 3. The van der Waals surface area contributed by atoms with E-state index in [-0.39, 0.29) is 5.02 Å². The Morgan fingerprint density at radius 1 is 1.06 bits per heavy atom. The molecule has 0 amide bonds. The zero-order valence-electron chi connectivity index (χ0n) is 9.04. The first kappa shape index (κ1) is 13.3. The molecule has 0 heterocycles. The minimum atomic E-state index is -4.58. The van der Waals surface area contributed by atoms with Crippen molar-refractivity contribution < 1.29 is 17.6 Å². The van der Waals surface area contributed by atoms with E-state index < -0.39 is 28.5 Å². The van der Waals surface area contributed by atoms with Crippen molar-refractivity contribution in [2.45, 2.75) is 32.4 Å². The van der Waals surface area contributed by atoms with Crippen molar-refractivity contribution in [3.63, 3.8) is 0 Å². The molecule has 0 bridgehead atoms. The van der Waals surface area contributed by atoms with Crippen molar-refractivity contribution in [1.82, 2.24) is 0 Å². The van der Waals surface area contributed by atoms with Gasteiger partial charge >= 0.3 is 6.18 Å². The Labute approximate surface area is 96.2 Å². The summed E-state index contributed by atoms with van der Waals surface area (Å²) in [6.45, 7) is 4.53. The molecule has 0 fully saturated rings. The van der Waals surface area contributed by atoms with Crippen LogP contribution in [0.1, 0.15) is 31.9 Å². The standard InChI is InChI=1S/C11H11ClF4/c1-10(2,3)8-6(11(14,15)16)4-5-7(12)9(8)13/h4-5H,1-3H3. The maximum Gasteiger partial charge on any atom is 0.416 e. The summed E-state index contributed by atoms with van der Waals surface area (Å²) >= 11 is 5.50. The molecule has 0 aromatic heterocycles. The molecule has 0 radical (unpaired) electrons. The molecule has 0 unspecified atom stereocenters. The lowest BCUT2D eigenvalue weighted by molar-refractivity contribution is -0.138. The lowest BCUT2D eigenvalue weighted by atomic mass is 9.83. The van der Waals surface area contributed by atoms with Gasteiger partial charge in [-0.15, -0.1) is 0 Å². The van der Waals surface area contributed by atoms with E-state index >= 15 is 0 Å². The Morgan fingerprint density at radius 2 is 1.56 bits per heavy atom. The van der Waals surface area contributed by atoms with Gasteiger partial charge in [0.1, 0.15) is 5.82 Å². The zero-order valence-corrected chi connectivity index (χ0v) is 9.80. The highest BCUT2D eigenvalue weighted by Crippen LogP contribution is 2.40. The summed E-state index contributed by atoms with van der Waals surface area (Å²) in [7, 11) is 0. The highest BCUT2D eigenvalue weighted by Gasteiger charge is 2.38. The van der Waals surface area contributed by atoms with Gasteiger partial charge in [0.05, 0.1) is 10.6 Å². The van der Waals surface area contributed by atoms with Crippen LogP contribution in [-0.4, -0.2) is 0 Å². The van der Waals surface area contributed by atoms with Gasteiger partial charge in [-0.1, -0.05) is 32.4 Å². The fourth-order valence-corrected chi connectivity index (χ4v) is 1.68. The van der Waals surface area contributed by atoms with Crippen molar-refractivity contribution in [2.75, 3.05) is 0 Å². The van der Waals surface area contributed by atoms with Gasteiger partial charge in [-0.25, -0.2) is 4.39 Å². The van der Waals surface area contributed by atoms with Crippen molar-refractivity contribution in [1.29, 1.82) is 0 Å². The number of hydrogen-bond donors (Lipinski definition) is 0. The molecule has 0 aliphatic carbocycles. The van der Waals surface area contributed by atoms with Crippen LogP contribution in [0.25, 0.3) is 0 Å². The van der Waals surface area contributed by atoms with Crippen molar-refractivity contribution >= 4 is 11.6 Å². The normalized spacial score (nSPS) is 13.0. The Morgan fingerprint density at radius 3 is 1.94 bits per heavy atom. The quantitative estimate of drug-likeness (QED) is 0.584. The maximum absolute atomic E-state index is 13.7. The number of hydrogen-bond acceptors (Lipinski definition) is 0. The van der Waals surface area contributed by atoms with Crippen LogP contribution in [0.3, 0.4) is 0 Å². The highest BCUT2D eigenvalue weighted by molar-refractivity contribution is 6.30. The Balaban J connectivity index is 3.59. The molecule has 0 atom stereocenters. The topological polar surface area (TPSA) is 0 Å². The fourth-order valence-electron chi connectivity index (χ4n) is 1.52. The van der Waals surface area contributed by atoms with E-state index in [1.54, 1.807) is 0 Å². The van der Waals surface area contributed by atoms with Gasteiger partial charge in [-0.2, -0.15) is 13.2 Å². The smallest absolute Gasteiger partial charge is 0.205 e. The molecule has 0 nitrogen and oxygen atoms in total. The van der Waals surface area contributed by atoms with Gasteiger partial charge in [-0.3, -0.25) is 0 Å². The van der Waals surface area contributed by atoms with Gasteiger partial charge in [0, 0.05) is 5.56 Å². The predicted octanol–water partition coefficient (Wildman–Crippen LogP) is 4.80. The Hall–Kier alpha value is -0.770. The SMILES string of the molecule is CC(C)(C)c1c(C(F)(F)F)ccc(Cl)c1F. The van der Waals surface area contributed by atoms with Crippen LogP contribution in [0.2, 0.25) is 5.02 Å².